The van der Waals surface area contributed by atoms with E-state index in [1.54, 1.807) is 6.20 Å². The maximum atomic E-state index is 11.6. The van der Waals surface area contributed by atoms with E-state index in [-0.39, 0.29) is 5.25 Å². The number of nitrogens with zero attached hydrogens (tertiary/aromatic N) is 2. The van der Waals surface area contributed by atoms with Crippen molar-refractivity contribution in [2.75, 3.05) is 12.3 Å². The van der Waals surface area contributed by atoms with Crippen molar-refractivity contribution in [1.29, 1.82) is 0 Å². The number of aryl methyl sites for hydroxylation is 2. The molecule has 0 radical (unpaired) electrons. The summed E-state index contributed by atoms with van der Waals surface area (Å²) in [7, 11) is 1.11. The highest BCUT2D eigenvalue weighted by molar-refractivity contribution is 7.85. The van der Waals surface area contributed by atoms with Gasteiger partial charge in [0.15, 0.2) is 0 Å². The minimum absolute atomic E-state index is 0.0790. The van der Waals surface area contributed by atoms with Crippen LogP contribution in [0.2, 0.25) is 0 Å². The fourth-order valence-corrected chi connectivity index (χ4v) is 2.14. The van der Waals surface area contributed by atoms with Crippen LogP contribution in [-0.2, 0) is 24.3 Å². The first kappa shape index (κ1) is 11.4. The van der Waals surface area contributed by atoms with E-state index in [1.807, 2.05) is 24.7 Å². The highest BCUT2D eigenvalue weighted by Gasteiger charge is 2.09. The van der Waals surface area contributed by atoms with Gasteiger partial charge >= 0.3 is 0 Å². The Hall–Kier alpha value is -0.680. The monoisotopic (exact) mass is 215 g/mol. The van der Waals surface area contributed by atoms with Crippen LogP contribution in [0.3, 0.4) is 0 Å². The fourth-order valence-electron chi connectivity index (χ4n) is 1.14. The number of rotatable bonds is 5. The Labute approximate surface area is 87.0 Å². The molecule has 1 heterocycles. The van der Waals surface area contributed by atoms with Crippen molar-refractivity contribution in [2.45, 2.75) is 18.6 Å². The molecule has 5 heteroatoms. The molecule has 0 spiro atoms. The molecule has 0 saturated heterocycles. The van der Waals surface area contributed by atoms with Crippen molar-refractivity contribution in [3.05, 3.63) is 18.2 Å². The number of hydrogen-bond acceptors (Lipinski definition) is 3. The van der Waals surface area contributed by atoms with Gasteiger partial charge in [-0.05, 0) is 6.92 Å². The van der Waals surface area contributed by atoms with Crippen LogP contribution in [0.1, 0.15) is 12.7 Å². The Kier molecular flexibility index (Phi) is 4.28. The lowest BCUT2D eigenvalue weighted by atomic mass is 10.4. The largest absolute Gasteiger partial charge is 0.338 e. The van der Waals surface area contributed by atoms with Crippen LogP contribution < -0.4 is 5.73 Å². The highest BCUT2D eigenvalue weighted by atomic mass is 32.2. The Morgan fingerprint density at radius 1 is 1.71 bits per heavy atom. The zero-order chi connectivity index (χ0) is 10.6. The molecule has 0 aliphatic rings. The lowest BCUT2D eigenvalue weighted by Gasteiger charge is -2.07. The summed E-state index contributed by atoms with van der Waals surface area (Å²) in [5, 5.41) is 0.0790. The predicted octanol–water partition coefficient (Wildman–Crippen LogP) is 0.0585. The van der Waals surface area contributed by atoms with Gasteiger partial charge in [0.25, 0.3) is 0 Å². The molecule has 1 rings (SSSR count). The Balaban J connectivity index is 2.41. The summed E-state index contributed by atoms with van der Waals surface area (Å²) >= 11 is 0. The minimum atomic E-state index is -0.836. The van der Waals surface area contributed by atoms with Crippen LogP contribution in [0, 0.1) is 0 Å². The maximum Gasteiger partial charge on any atom is 0.109 e. The molecule has 2 unspecified atom stereocenters. The van der Waals surface area contributed by atoms with E-state index in [2.05, 4.69) is 4.98 Å². The highest BCUT2D eigenvalue weighted by Crippen LogP contribution is 2.00. The second-order valence-electron chi connectivity index (χ2n) is 3.34. The van der Waals surface area contributed by atoms with Gasteiger partial charge in [-0.3, -0.25) is 4.21 Å². The second-order valence-corrected chi connectivity index (χ2v) is 5.31. The van der Waals surface area contributed by atoms with Gasteiger partial charge in [0.05, 0.1) is 0 Å². The smallest absolute Gasteiger partial charge is 0.109 e. The van der Waals surface area contributed by atoms with Crippen LogP contribution in [0.4, 0.5) is 0 Å². The molecule has 2 N–H and O–H groups in total. The van der Waals surface area contributed by atoms with Crippen molar-refractivity contribution in [3.63, 3.8) is 0 Å². The standard InChI is InChI=1S/C9H17N3OS/c1-8(7-10)14(13)6-3-9-11-4-5-12(9)2/h4-5,8H,3,6-7,10H2,1-2H3. The van der Waals surface area contributed by atoms with Gasteiger partial charge in [-0.25, -0.2) is 4.98 Å². The van der Waals surface area contributed by atoms with Crippen LogP contribution in [-0.4, -0.2) is 31.3 Å². The molecule has 0 aromatic carbocycles. The van der Waals surface area contributed by atoms with Crippen molar-refractivity contribution in [1.82, 2.24) is 9.55 Å². The molecule has 14 heavy (non-hydrogen) atoms. The first-order valence-corrected chi connectivity index (χ1v) is 6.06. The summed E-state index contributed by atoms with van der Waals surface area (Å²) < 4.78 is 13.5. The van der Waals surface area contributed by atoms with Crippen LogP contribution >= 0.6 is 0 Å². The van der Waals surface area contributed by atoms with E-state index in [0.717, 1.165) is 12.2 Å². The third-order valence-electron chi connectivity index (χ3n) is 2.23. The third kappa shape index (κ3) is 2.92. The number of aromatic nitrogens is 2. The van der Waals surface area contributed by atoms with Crippen LogP contribution in [0.15, 0.2) is 12.4 Å². The fraction of sp³-hybridized carbons (Fsp3) is 0.667. The normalized spacial score (nSPS) is 15.4. The number of imidazole rings is 1. The SMILES string of the molecule is CC(CN)S(=O)CCc1nccn1C. The Morgan fingerprint density at radius 2 is 2.43 bits per heavy atom. The van der Waals surface area contributed by atoms with E-state index < -0.39 is 10.8 Å². The molecule has 1 aromatic heterocycles. The lowest BCUT2D eigenvalue weighted by Crippen LogP contribution is -2.24. The van der Waals surface area contributed by atoms with Gasteiger partial charge < -0.3 is 10.3 Å². The molecule has 1 aromatic rings. The van der Waals surface area contributed by atoms with Crippen LogP contribution in [0.25, 0.3) is 0 Å². The summed E-state index contributed by atoms with van der Waals surface area (Å²) in [5.74, 6) is 1.62. The predicted molar refractivity (Wildman–Crippen MR) is 58.4 cm³/mol. The summed E-state index contributed by atoms with van der Waals surface area (Å²) in [6.45, 7) is 2.39. The third-order valence-corrected chi connectivity index (χ3v) is 3.93. The van der Waals surface area contributed by atoms with E-state index in [4.69, 9.17) is 5.73 Å². The number of nitrogens with two attached hydrogens (primary N) is 1. The Bertz CT molecular complexity index is 311. The summed E-state index contributed by atoms with van der Waals surface area (Å²) in [6, 6.07) is 0. The van der Waals surface area contributed by atoms with Crippen molar-refractivity contribution < 1.29 is 4.21 Å². The molecule has 0 amide bonds. The van der Waals surface area contributed by atoms with E-state index in [9.17, 15) is 4.21 Å². The molecule has 0 saturated carbocycles. The molecule has 4 nitrogen and oxygen atoms in total. The molecule has 0 bridgehead atoms. The molecular weight excluding hydrogens is 198 g/mol. The van der Waals surface area contributed by atoms with E-state index >= 15 is 0 Å². The second kappa shape index (κ2) is 5.26. The maximum absolute atomic E-state index is 11.6. The Morgan fingerprint density at radius 3 is 2.93 bits per heavy atom. The summed E-state index contributed by atoms with van der Waals surface area (Å²) in [6.07, 6.45) is 4.40. The molecule has 2 atom stereocenters. The number of hydrogen-bond donors (Lipinski definition) is 1. The first-order valence-electron chi connectivity index (χ1n) is 4.68. The van der Waals surface area contributed by atoms with Gasteiger partial charge in [-0.15, -0.1) is 0 Å². The molecule has 80 valence electrons. The van der Waals surface area contributed by atoms with Crippen molar-refractivity contribution >= 4 is 10.8 Å². The van der Waals surface area contributed by atoms with E-state index in [0.29, 0.717) is 12.3 Å². The zero-order valence-corrected chi connectivity index (χ0v) is 9.46. The summed E-state index contributed by atoms with van der Waals surface area (Å²) in [4.78, 5) is 4.17. The van der Waals surface area contributed by atoms with Crippen molar-refractivity contribution in [2.24, 2.45) is 12.8 Å². The lowest BCUT2D eigenvalue weighted by molar-refractivity contribution is 0.670. The van der Waals surface area contributed by atoms with Gasteiger partial charge in [0, 0.05) is 54.2 Å². The van der Waals surface area contributed by atoms with Gasteiger partial charge in [0.1, 0.15) is 5.82 Å². The molecule has 0 fully saturated rings. The van der Waals surface area contributed by atoms with E-state index in [1.165, 1.54) is 0 Å². The minimum Gasteiger partial charge on any atom is -0.338 e. The topological polar surface area (TPSA) is 60.9 Å². The first-order chi connectivity index (χ1) is 6.65. The average molecular weight is 215 g/mol. The van der Waals surface area contributed by atoms with Gasteiger partial charge in [-0.2, -0.15) is 0 Å². The quantitative estimate of drug-likeness (QED) is 0.755. The van der Waals surface area contributed by atoms with Gasteiger partial charge in [0.2, 0.25) is 0 Å². The zero-order valence-electron chi connectivity index (χ0n) is 8.64. The summed E-state index contributed by atoms with van der Waals surface area (Å²) in [5.41, 5.74) is 5.44. The van der Waals surface area contributed by atoms with Gasteiger partial charge in [-0.1, -0.05) is 0 Å². The van der Waals surface area contributed by atoms with Crippen molar-refractivity contribution in [3.8, 4) is 0 Å². The molecule has 0 aliphatic heterocycles. The van der Waals surface area contributed by atoms with Crippen LogP contribution in [0.5, 0.6) is 0 Å². The molecule has 0 aliphatic carbocycles. The molecular formula is C9H17N3OS. The average Bonchev–Trinajstić information content (AvgIpc) is 2.59.